The predicted octanol–water partition coefficient (Wildman–Crippen LogP) is 2.91. The van der Waals surface area contributed by atoms with E-state index >= 15 is 0 Å². The minimum atomic E-state index is -4.02. The number of primary sulfonamides is 1. The molecule has 0 radical (unpaired) electrons. The number of esters is 1. The van der Waals surface area contributed by atoms with Gasteiger partial charge in [-0.15, -0.1) is 11.3 Å². The first kappa shape index (κ1) is 22.7. The highest BCUT2D eigenvalue weighted by Gasteiger charge is 2.21. The second-order valence-corrected chi connectivity index (χ2v) is 9.45. The molecule has 0 fully saturated rings. The molecule has 8 nitrogen and oxygen atoms in total. The van der Waals surface area contributed by atoms with Crippen LogP contribution in [0.1, 0.15) is 37.0 Å². The van der Waals surface area contributed by atoms with Crippen LogP contribution < -0.4 is 9.88 Å². The maximum absolute atomic E-state index is 12.7. The summed E-state index contributed by atoms with van der Waals surface area (Å²) < 4.78 is 35.4. The van der Waals surface area contributed by atoms with Crippen molar-refractivity contribution in [2.45, 2.75) is 25.3 Å². The Morgan fingerprint density at radius 3 is 2.48 bits per heavy atom. The number of nitrogens with two attached hydrogens (primary N) is 1. The molecule has 2 heterocycles. The van der Waals surface area contributed by atoms with Gasteiger partial charge in [0, 0.05) is 21.8 Å². The van der Waals surface area contributed by atoms with E-state index in [4.69, 9.17) is 14.6 Å². The van der Waals surface area contributed by atoms with Crippen LogP contribution in [-0.2, 0) is 21.3 Å². The van der Waals surface area contributed by atoms with Crippen LogP contribution in [0.5, 0.6) is 5.75 Å². The number of carbonyl (C=O) groups excluding carboxylic acids is 2. The third-order valence-corrected chi connectivity index (χ3v) is 6.59. The molecule has 0 unspecified atom stereocenters. The second kappa shape index (κ2) is 9.04. The first-order chi connectivity index (χ1) is 14.6. The van der Waals surface area contributed by atoms with E-state index in [0.717, 1.165) is 22.3 Å². The Morgan fingerprint density at radius 2 is 1.87 bits per heavy atom. The molecular formula is C21H22N2O6S2. The number of Topliss-reactive ketones (excluding diaryl/α,β-unsaturated/α-hetero) is 1. The highest BCUT2D eigenvalue weighted by atomic mass is 32.2. The maximum atomic E-state index is 12.7. The highest BCUT2D eigenvalue weighted by Crippen LogP contribution is 2.24. The van der Waals surface area contributed by atoms with Gasteiger partial charge in [-0.1, -0.05) is 6.07 Å². The summed E-state index contributed by atoms with van der Waals surface area (Å²) >= 11 is 1.63. The van der Waals surface area contributed by atoms with Crippen molar-refractivity contribution in [1.82, 2.24) is 4.57 Å². The van der Waals surface area contributed by atoms with E-state index in [1.54, 1.807) is 17.4 Å². The van der Waals surface area contributed by atoms with Gasteiger partial charge >= 0.3 is 5.97 Å². The molecule has 0 atom stereocenters. The van der Waals surface area contributed by atoms with Crippen LogP contribution >= 0.6 is 11.3 Å². The van der Waals surface area contributed by atoms with Crippen LogP contribution in [0.2, 0.25) is 0 Å². The highest BCUT2D eigenvalue weighted by molar-refractivity contribution is 7.89. The molecule has 0 bridgehead atoms. The summed E-state index contributed by atoms with van der Waals surface area (Å²) in [5.74, 6) is -1.14. The van der Waals surface area contributed by atoms with Crippen molar-refractivity contribution in [1.29, 1.82) is 0 Å². The molecule has 10 heteroatoms. The van der Waals surface area contributed by atoms with Crippen LogP contribution in [0, 0.1) is 13.8 Å². The lowest BCUT2D eigenvalue weighted by Gasteiger charge is -2.10. The zero-order valence-electron chi connectivity index (χ0n) is 17.2. The summed E-state index contributed by atoms with van der Waals surface area (Å²) in [4.78, 5) is 26.1. The number of aromatic nitrogens is 1. The largest absolute Gasteiger partial charge is 0.496 e. The summed E-state index contributed by atoms with van der Waals surface area (Å²) in [5.41, 5.74) is 2.03. The Bertz CT molecular complexity index is 1230. The van der Waals surface area contributed by atoms with Gasteiger partial charge in [0.2, 0.25) is 15.8 Å². The number of benzene rings is 1. The molecule has 0 saturated carbocycles. The molecule has 3 rings (SSSR count). The van der Waals surface area contributed by atoms with Crippen molar-refractivity contribution in [3.8, 4) is 5.75 Å². The van der Waals surface area contributed by atoms with Crippen molar-refractivity contribution in [2.24, 2.45) is 5.14 Å². The molecule has 0 saturated heterocycles. The van der Waals surface area contributed by atoms with Crippen LogP contribution in [-0.4, -0.2) is 38.5 Å². The fourth-order valence-electron chi connectivity index (χ4n) is 3.20. The molecular weight excluding hydrogens is 440 g/mol. The zero-order valence-corrected chi connectivity index (χ0v) is 18.9. The Balaban J connectivity index is 1.76. The molecule has 0 aliphatic rings. The molecule has 31 heavy (non-hydrogen) atoms. The van der Waals surface area contributed by atoms with E-state index in [1.165, 1.54) is 19.2 Å². The summed E-state index contributed by atoms with van der Waals surface area (Å²) in [6.45, 7) is 3.91. The van der Waals surface area contributed by atoms with Gasteiger partial charge in [-0.05, 0) is 49.6 Å². The number of thiophene rings is 1. The fourth-order valence-corrected chi connectivity index (χ4v) is 4.43. The first-order valence-corrected chi connectivity index (χ1v) is 11.6. The number of ketones is 1. The normalized spacial score (nSPS) is 11.4. The standard InChI is InChI=1S/C21H22N2O6S2/c1-13-9-17(14(2)23(13)11-15-5-4-8-30-15)19(24)12-29-21(25)18-10-16(31(22,26)27)6-7-20(18)28-3/h4-10H,11-12H2,1-3H3,(H2,22,26,27). The van der Waals surface area contributed by atoms with Gasteiger partial charge in [0.1, 0.15) is 11.3 Å². The minimum Gasteiger partial charge on any atom is -0.496 e. The topological polar surface area (TPSA) is 118 Å². The van der Waals surface area contributed by atoms with Crippen molar-refractivity contribution in [3.63, 3.8) is 0 Å². The average Bonchev–Trinajstić information content (AvgIpc) is 3.34. The van der Waals surface area contributed by atoms with Crippen LogP contribution in [0.15, 0.2) is 46.7 Å². The number of carbonyl (C=O) groups is 2. The molecule has 2 N–H and O–H groups in total. The van der Waals surface area contributed by atoms with Gasteiger partial charge in [-0.3, -0.25) is 4.79 Å². The van der Waals surface area contributed by atoms with E-state index in [-0.39, 0.29) is 22.0 Å². The number of sulfonamides is 1. The van der Waals surface area contributed by atoms with Crippen molar-refractivity contribution >= 4 is 33.1 Å². The number of aryl methyl sites for hydroxylation is 1. The Labute approximate surface area is 184 Å². The van der Waals surface area contributed by atoms with Gasteiger partial charge in [0.15, 0.2) is 6.61 Å². The summed E-state index contributed by atoms with van der Waals surface area (Å²) in [6, 6.07) is 9.35. The smallest absolute Gasteiger partial charge is 0.342 e. The van der Waals surface area contributed by atoms with E-state index in [2.05, 4.69) is 0 Å². The van der Waals surface area contributed by atoms with E-state index in [9.17, 15) is 18.0 Å². The number of nitrogens with zero attached hydrogens (tertiary/aromatic N) is 1. The van der Waals surface area contributed by atoms with Crippen molar-refractivity contribution in [2.75, 3.05) is 13.7 Å². The number of hydrogen-bond acceptors (Lipinski definition) is 7. The molecule has 1 aromatic carbocycles. The number of rotatable bonds is 8. The summed E-state index contributed by atoms with van der Waals surface area (Å²) in [7, 11) is -2.69. The zero-order chi connectivity index (χ0) is 22.8. The lowest BCUT2D eigenvalue weighted by Crippen LogP contribution is -2.17. The first-order valence-electron chi connectivity index (χ1n) is 9.22. The third-order valence-electron chi connectivity index (χ3n) is 4.82. The Kier molecular flexibility index (Phi) is 6.63. The maximum Gasteiger partial charge on any atom is 0.342 e. The van der Waals surface area contributed by atoms with Crippen molar-refractivity contribution < 1.29 is 27.5 Å². The van der Waals surface area contributed by atoms with Crippen LogP contribution in [0.25, 0.3) is 0 Å². The van der Waals surface area contributed by atoms with Crippen molar-refractivity contribution in [3.05, 3.63) is 69.2 Å². The van der Waals surface area contributed by atoms with Crippen LogP contribution in [0.4, 0.5) is 0 Å². The quantitative estimate of drug-likeness (QED) is 0.406. The van der Waals surface area contributed by atoms with E-state index in [0.29, 0.717) is 12.1 Å². The van der Waals surface area contributed by atoms with E-state index < -0.39 is 22.6 Å². The molecule has 0 amide bonds. The van der Waals surface area contributed by atoms with Crippen LogP contribution in [0.3, 0.4) is 0 Å². The van der Waals surface area contributed by atoms with E-state index in [1.807, 2.05) is 35.9 Å². The lowest BCUT2D eigenvalue weighted by atomic mass is 10.1. The van der Waals surface area contributed by atoms with Gasteiger partial charge < -0.3 is 14.0 Å². The van der Waals surface area contributed by atoms with Gasteiger partial charge in [-0.25, -0.2) is 18.4 Å². The monoisotopic (exact) mass is 462 g/mol. The van der Waals surface area contributed by atoms with Gasteiger partial charge in [0.05, 0.1) is 18.6 Å². The summed E-state index contributed by atoms with van der Waals surface area (Å²) in [6.07, 6.45) is 0. The number of hydrogen-bond donors (Lipinski definition) is 1. The summed E-state index contributed by atoms with van der Waals surface area (Å²) in [5, 5.41) is 7.11. The second-order valence-electron chi connectivity index (χ2n) is 6.86. The number of methoxy groups -OCH3 is 1. The average molecular weight is 463 g/mol. The van der Waals surface area contributed by atoms with Gasteiger partial charge in [-0.2, -0.15) is 0 Å². The molecule has 3 aromatic rings. The molecule has 0 aliphatic carbocycles. The molecule has 0 aliphatic heterocycles. The third kappa shape index (κ3) is 5.04. The minimum absolute atomic E-state index is 0.110. The predicted molar refractivity (Wildman–Crippen MR) is 116 cm³/mol. The molecule has 164 valence electrons. The fraction of sp³-hybridized carbons (Fsp3) is 0.238. The number of ether oxygens (including phenoxy) is 2. The Hall–Kier alpha value is -2.95. The van der Waals surface area contributed by atoms with Gasteiger partial charge in [0.25, 0.3) is 0 Å². The Morgan fingerprint density at radius 1 is 1.13 bits per heavy atom. The SMILES string of the molecule is COc1ccc(S(N)(=O)=O)cc1C(=O)OCC(=O)c1cc(C)n(Cc2cccs2)c1C. The lowest BCUT2D eigenvalue weighted by molar-refractivity contribution is 0.0471. The molecule has 0 spiro atoms. The molecule has 2 aromatic heterocycles.